The maximum atomic E-state index is 12.2. The Balaban J connectivity index is 4.48. The largest absolute Gasteiger partial charge is 0.468 e. The molecule has 0 rings (SSSR count). The van der Waals surface area contributed by atoms with Crippen molar-refractivity contribution < 1.29 is 14.3 Å². The van der Waals surface area contributed by atoms with Gasteiger partial charge in [0.1, 0.15) is 6.54 Å². The number of methoxy groups -OCH3 is 1. The number of hydrogen-bond donors (Lipinski definition) is 1. The minimum Gasteiger partial charge on any atom is -0.468 e. The van der Waals surface area contributed by atoms with E-state index in [-0.39, 0.29) is 24.3 Å². The third-order valence-corrected chi connectivity index (χ3v) is 3.00. The van der Waals surface area contributed by atoms with Crippen LogP contribution in [0.4, 0.5) is 0 Å². The highest BCUT2D eigenvalue weighted by Crippen LogP contribution is 2.15. The van der Waals surface area contributed by atoms with E-state index in [1.807, 2.05) is 6.92 Å². The van der Waals surface area contributed by atoms with Crippen molar-refractivity contribution in [1.29, 1.82) is 0 Å². The summed E-state index contributed by atoms with van der Waals surface area (Å²) in [6.07, 6.45) is 2.16. The van der Waals surface area contributed by atoms with Gasteiger partial charge in [-0.2, -0.15) is 0 Å². The minimum absolute atomic E-state index is 0.0108. The molecule has 0 bridgehead atoms. The van der Waals surface area contributed by atoms with E-state index in [0.29, 0.717) is 25.4 Å². The first-order chi connectivity index (χ1) is 8.94. The van der Waals surface area contributed by atoms with Crippen LogP contribution in [0.1, 0.15) is 40.0 Å². The molecule has 0 radical (unpaired) electrons. The van der Waals surface area contributed by atoms with Crippen molar-refractivity contribution in [2.75, 3.05) is 26.7 Å². The van der Waals surface area contributed by atoms with Gasteiger partial charge in [0.15, 0.2) is 0 Å². The number of nitrogens with two attached hydrogens (primary N) is 1. The predicted octanol–water partition coefficient (Wildman–Crippen LogP) is 1.41. The Morgan fingerprint density at radius 1 is 1.32 bits per heavy atom. The molecule has 5 nitrogen and oxygen atoms in total. The summed E-state index contributed by atoms with van der Waals surface area (Å²) in [6.45, 7) is 7.32. The average Bonchev–Trinajstić information content (AvgIpc) is 2.36. The Labute approximate surface area is 116 Å². The number of ether oxygens (including phenoxy) is 1. The molecule has 0 heterocycles. The average molecular weight is 272 g/mol. The summed E-state index contributed by atoms with van der Waals surface area (Å²) in [6, 6.07) is 0. The van der Waals surface area contributed by atoms with E-state index in [4.69, 9.17) is 5.73 Å². The summed E-state index contributed by atoms with van der Waals surface area (Å²) in [4.78, 5) is 25.1. The Morgan fingerprint density at radius 2 is 1.95 bits per heavy atom. The Kier molecular flexibility index (Phi) is 9.21. The second-order valence-electron chi connectivity index (χ2n) is 5.33. The zero-order valence-electron chi connectivity index (χ0n) is 12.6. The predicted molar refractivity (Wildman–Crippen MR) is 75.5 cm³/mol. The Morgan fingerprint density at radius 3 is 2.37 bits per heavy atom. The first-order valence-electron chi connectivity index (χ1n) is 6.99. The fraction of sp³-hybridized carbons (Fsp3) is 0.857. The maximum Gasteiger partial charge on any atom is 0.325 e. The fourth-order valence-electron chi connectivity index (χ4n) is 2.09. The zero-order valence-corrected chi connectivity index (χ0v) is 12.6. The van der Waals surface area contributed by atoms with Crippen LogP contribution < -0.4 is 5.73 Å². The number of carbonyl (C=O) groups is 2. The van der Waals surface area contributed by atoms with Gasteiger partial charge in [0.25, 0.3) is 0 Å². The van der Waals surface area contributed by atoms with Gasteiger partial charge in [0, 0.05) is 13.0 Å². The highest BCUT2D eigenvalue weighted by atomic mass is 16.5. The molecule has 1 atom stereocenters. The minimum atomic E-state index is -0.380. The van der Waals surface area contributed by atoms with Gasteiger partial charge in [-0.25, -0.2) is 0 Å². The number of carbonyl (C=O) groups excluding carboxylic acids is 2. The van der Waals surface area contributed by atoms with E-state index < -0.39 is 0 Å². The molecule has 0 saturated carbocycles. The SMILES string of the molecule is CCCN(CC(=O)OC)C(=O)C[C@@H](CN)CC(C)C. The highest BCUT2D eigenvalue weighted by Gasteiger charge is 2.20. The van der Waals surface area contributed by atoms with E-state index in [1.54, 1.807) is 4.90 Å². The van der Waals surface area contributed by atoms with Crippen LogP contribution in [0.2, 0.25) is 0 Å². The van der Waals surface area contributed by atoms with Crippen LogP contribution in [0.25, 0.3) is 0 Å². The number of esters is 1. The van der Waals surface area contributed by atoms with Gasteiger partial charge in [-0.3, -0.25) is 9.59 Å². The first-order valence-corrected chi connectivity index (χ1v) is 6.99. The first kappa shape index (κ1) is 17.9. The third kappa shape index (κ3) is 7.82. The smallest absolute Gasteiger partial charge is 0.325 e. The maximum absolute atomic E-state index is 12.2. The van der Waals surface area contributed by atoms with Crippen LogP contribution in [0.15, 0.2) is 0 Å². The fourth-order valence-corrected chi connectivity index (χ4v) is 2.09. The topological polar surface area (TPSA) is 72.6 Å². The summed E-state index contributed by atoms with van der Waals surface area (Å²) in [5.41, 5.74) is 5.71. The van der Waals surface area contributed by atoms with Gasteiger partial charge >= 0.3 is 5.97 Å². The monoisotopic (exact) mass is 272 g/mol. The molecule has 112 valence electrons. The van der Waals surface area contributed by atoms with Crippen LogP contribution in [-0.2, 0) is 14.3 Å². The molecule has 0 aliphatic rings. The lowest BCUT2D eigenvalue weighted by Crippen LogP contribution is -2.38. The molecule has 5 heteroatoms. The number of amides is 1. The number of rotatable bonds is 9. The van der Waals surface area contributed by atoms with Gasteiger partial charge in [-0.1, -0.05) is 20.8 Å². The van der Waals surface area contributed by atoms with Crippen LogP contribution >= 0.6 is 0 Å². The van der Waals surface area contributed by atoms with Gasteiger partial charge in [-0.05, 0) is 31.2 Å². The van der Waals surface area contributed by atoms with E-state index in [9.17, 15) is 9.59 Å². The quantitative estimate of drug-likeness (QED) is 0.644. The van der Waals surface area contributed by atoms with E-state index in [1.165, 1.54) is 7.11 Å². The summed E-state index contributed by atoms with van der Waals surface area (Å²) in [5.74, 6) is 0.310. The zero-order chi connectivity index (χ0) is 14.8. The van der Waals surface area contributed by atoms with E-state index >= 15 is 0 Å². The standard InChI is InChI=1S/C14H28N2O3/c1-5-6-16(10-14(18)19-4)13(17)8-12(9-15)7-11(2)3/h11-12H,5-10,15H2,1-4H3/t12-/m0/s1. The lowest BCUT2D eigenvalue weighted by Gasteiger charge is -2.24. The molecule has 0 aliphatic heterocycles. The van der Waals surface area contributed by atoms with Crippen molar-refractivity contribution >= 4 is 11.9 Å². The molecule has 0 aromatic rings. The normalized spacial score (nSPS) is 12.3. The molecule has 2 N–H and O–H groups in total. The lowest BCUT2D eigenvalue weighted by atomic mass is 9.94. The number of hydrogen-bond acceptors (Lipinski definition) is 4. The second-order valence-corrected chi connectivity index (χ2v) is 5.33. The van der Waals surface area contributed by atoms with Crippen LogP contribution in [-0.4, -0.2) is 43.5 Å². The Bertz CT molecular complexity index is 280. The van der Waals surface area contributed by atoms with Crippen LogP contribution in [0.3, 0.4) is 0 Å². The molecule has 0 fully saturated rings. The third-order valence-electron chi connectivity index (χ3n) is 3.00. The molecular weight excluding hydrogens is 244 g/mol. The molecule has 1 amide bonds. The molecule has 19 heavy (non-hydrogen) atoms. The van der Waals surface area contributed by atoms with Gasteiger partial charge in [0.05, 0.1) is 7.11 Å². The molecule has 0 spiro atoms. The summed E-state index contributed by atoms with van der Waals surface area (Å²) >= 11 is 0. The second kappa shape index (κ2) is 9.78. The van der Waals surface area contributed by atoms with Crippen LogP contribution in [0.5, 0.6) is 0 Å². The van der Waals surface area contributed by atoms with Crippen molar-refractivity contribution in [3.05, 3.63) is 0 Å². The summed E-state index contributed by atoms with van der Waals surface area (Å²) in [7, 11) is 1.33. The van der Waals surface area contributed by atoms with Gasteiger partial charge < -0.3 is 15.4 Å². The van der Waals surface area contributed by atoms with E-state index in [0.717, 1.165) is 12.8 Å². The molecule has 0 aliphatic carbocycles. The highest BCUT2D eigenvalue weighted by molar-refractivity contribution is 5.82. The Hall–Kier alpha value is -1.10. The molecular formula is C14H28N2O3. The molecule has 0 aromatic carbocycles. The van der Waals surface area contributed by atoms with Crippen molar-refractivity contribution in [1.82, 2.24) is 4.90 Å². The van der Waals surface area contributed by atoms with E-state index in [2.05, 4.69) is 18.6 Å². The van der Waals surface area contributed by atoms with Crippen molar-refractivity contribution in [2.45, 2.75) is 40.0 Å². The molecule has 0 aromatic heterocycles. The number of nitrogens with zero attached hydrogens (tertiary/aromatic N) is 1. The molecule has 0 unspecified atom stereocenters. The molecule has 0 saturated heterocycles. The van der Waals surface area contributed by atoms with Gasteiger partial charge in [0.2, 0.25) is 5.91 Å². The van der Waals surface area contributed by atoms with Crippen molar-refractivity contribution in [2.24, 2.45) is 17.6 Å². The summed E-state index contributed by atoms with van der Waals surface area (Å²) < 4.78 is 4.62. The van der Waals surface area contributed by atoms with Crippen molar-refractivity contribution in [3.8, 4) is 0 Å². The summed E-state index contributed by atoms with van der Waals surface area (Å²) in [5, 5.41) is 0. The lowest BCUT2D eigenvalue weighted by molar-refractivity contribution is -0.147. The van der Waals surface area contributed by atoms with Crippen LogP contribution in [0, 0.1) is 11.8 Å². The van der Waals surface area contributed by atoms with Gasteiger partial charge in [-0.15, -0.1) is 0 Å². The van der Waals surface area contributed by atoms with Crippen molar-refractivity contribution in [3.63, 3.8) is 0 Å².